The molecule has 1 aliphatic carbocycles. The van der Waals surface area contributed by atoms with E-state index < -0.39 is 17.3 Å². The Labute approximate surface area is 99.0 Å². The molecule has 6 nitrogen and oxygen atoms in total. The third-order valence-corrected chi connectivity index (χ3v) is 3.56. The Bertz CT molecular complexity index is 376. The zero-order valence-electron chi connectivity index (χ0n) is 9.73. The van der Waals surface area contributed by atoms with Crippen LogP contribution in [0, 0.1) is 5.41 Å². The maximum absolute atomic E-state index is 11.8. The van der Waals surface area contributed by atoms with E-state index in [0.29, 0.717) is 32.2 Å². The lowest BCUT2D eigenvalue weighted by Gasteiger charge is -2.30. The second kappa shape index (κ2) is 4.01. The van der Waals surface area contributed by atoms with Crippen molar-refractivity contribution in [3.8, 4) is 0 Å². The molecule has 1 saturated carbocycles. The van der Waals surface area contributed by atoms with E-state index in [9.17, 15) is 14.4 Å². The van der Waals surface area contributed by atoms with Crippen LogP contribution in [-0.4, -0.2) is 47.4 Å². The molecule has 2 N–H and O–H groups in total. The number of carboxylic acid groups (broad SMARTS) is 1. The largest absolute Gasteiger partial charge is 0.480 e. The molecule has 1 saturated heterocycles. The standard InChI is InChI=1S/C11H16N2O4/c1-13-6-7(2-3-8(13)14)12-9(15)11(4-5-11)10(16)17/h7H,2-6H2,1H3,(H,12,15)(H,16,17). The molecule has 1 unspecified atom stereocenters. The van der Waals surface area contributed by atoms with Gasteiger partial charge in [-0.15, -0.1) is 0 Å². The highest BCUT2D eigenvalue weighted by Crippen LogP contribution is 2.46. The Hall–Kier alpha value is -1.59. The van der Waals surface area contributed by atoms with Crippen LogP contribution in [0.2, 0.25) is 0 Å². The van der Waals surface area contributed by atoms with Crippen LogP contribution in [0.4, 0.5) is 0 Å². The molecule has 0 aromatic heterocycles. The molecule has 0 bridgehead atoms. The van der Waals surface area contributed by atoms with E-state index >= 15 is 0 Å². The van der Waals surface area contributed by atoms with E-state index in [1.165, 1.54) is 0 Å². The smallest absolute Gasteiger partial charge is 0.319 e. The number of carbonyl (C=O) groups is 3. The van der Waals surface area contributed by atoms with Crippen LogP contribution in [0.5, 0.6) is 0 Å². The molecule has 0 radical (unpaired) electrons. The molecular weight excluding hydrogens is 224 g/mol. The molecule has 2 aliphatic rings. The summed E-state index contributed by atoms with van der Waals surface area (Å²) in [7, 11) is 1.69. The molecule has 0 aromatic rings. The summed E-state index contributed by atoms with van der Waals surface area (Å²) in [6.45, 7) is 0.459. The van der Waals surface area contributed by atoms with E-state index in [2.05, 4.69) is 5.32 Å². The molecule has 1 aliphatic heterocycles. The number of carboxylic acids is 1. The molecule has 6 heteroatoms. The lowest BCUT2D eigenvalue weighted by Crippen LogP contribution is -2.51. The average molecular weight is 240 g/mol. The number of hydrogen-bond donors (Lipinski definition) is 2. The molecular formula is C11H16N2O4. The van der Waals surface area contributed by atoms with Crippen LogP contribution in [0.25, 0.3) is 0 Å². The third-order valence-electron chi connectivity index (χ3n) is 3.56. The first-order valence-corrected chi connectivity index (χ1v) is 5.74. The summed E-state index contributed by atoms with van der Waals surface area (Å²) >= 11 is 0. The van der Waals surface area contributed by atoms with Gasteiger partial charge in [0, 0.05) is 26.1 Å². The zero-order chi connectivity index (χ0) is 12.6. The molecule has 2 rings (SSSR count). The van der Waals surface area contributed by atoms with Crippen molar-refractivity contribution < 1.29 is 19.5 Å². The molecule has 17 heavy (non-hydrogen) atoms. The molecule has 2 fully saturated rings. The lowest BCUT2D eigenvalue weighted by atomic mass is 10.0. The summed E-state index contributed by atoms with van der Waals surface area (Å²) in [6, 6.07) is -0.123. The number of amides is 2. The van der Waals surface area contributed by atoms with Gasteiger partial charge in [0.25, 0.3) is 0 Å². The van der Waals surface area contributed by atoms with Gasteiger partial charge in [-0.25, -0.2) is 0 Å². The van der Waals surface area contributed by atoms with Crippen LogP contribution < -0.4 is 5.32 Å². The van der Waals surface area contributed by atoms with E-state index in [-0.39, 0.29) is 11.9 Å². The number of carbonyl (C=O) groups excluding carboxylic acids is 2. The second-order valence-corrected chi connectivity index (χ2v) is 4.87. The number of rotatable bonds is 3. The van der Waals surface area contributed by atoms with Gasteiger partial charge >= 0.3 is 5.97 Å². The fourth-order valence-corrected chi connectivity index (χ4v) is 2.12. The van der Waals surface area contributed by atoms with Gasteiger partial charge in [-0.1, -0.05) is 0 Å². The molecule has 1 heterocycles. The Morgan fingerprint density at radius 1 is 1.47 bits per heavy atom. The lowest BCUT2D eigenvalue weighted by molar-refractivity contribution is -0.149. The maximum Gasteiger partial charge on any atom is 0.319 e. The van der Waals surface area contributed by atoms with Crippen molar-refractivity contribution in [3.05, 3.63) is 0 Å². The van der Waals surface area contributed by atoms with Gasteiger partial charge in [-0.3, -0.25) is 14.4 Å². The van der Waals surface area contributed by atoms with Crippen molar-refractivity contribution in [2.24, 2.45) is 5.41 Å². The Morgan fingerprint density at radius 2 is 2.12 bits per heavy atom. The quantitative estimate of drug-likeness (QED) is 0.656. The fraction of sp³-hybridized carbons (Fsp3) is 0.727. The first-order chi connectivity index (χ1) is 7.95. The molecule has 94 valence electrons. The van der Waals surface area contributed by atoms with Gasteiger partial charge in [0.05, 0.1) is 0 Å². The minimum atomic E-state index is -1.19. The van der Waals surface area contributed by atoms with Crippen LogP contribution in [0.3, 0.4) is 0 Å². The molecule has 0 spiro atoms. The number of piperidine rings is 1. The maximum atomic E-state index is 11.8. The van der Waals surface area contributed by atoms with E-state index in [1.807, 2.05) is 0 Å². The summed E-state index contributed by atoms with van der Waals surface area (Å²) in [5.41, 5.74) is -1.19. The number of likely N-dealkylation sites (N-methyl/N-ethyl adjacent to an activating group) is 1. The summed E-state index contributed by atoms with van der Waals surface area (Å²) in [6.07, 6.45) is 1.82. The molecule has 2 amide bonds. The van der Waals surface area contributed by atoms with Crippen LogP contribution in [0.15, 0.2) is 0 Å². The predicted octanol–water partition coefficient (Wildman–Crippen LogP) is -0.412. The monoisotopic (exact) mass is 240 g/mol. The summed E-state index contributed by atoms with van der Waals surface area (Å²) < 4.78 is 0. The molecule has 1 atom stereocenters. The minimum absolute atomic E-state index is 0.0647. The van der Waals surface area contributed by atoms with Crippen molar-refractivity contribution >= 4 is 17.8 Å². The summed E-state index contributed by atoms with van der Waals surface area (Å²) in [5.74, 6) is -1.39. The van der Waals surface area contributed by atoms with Crippen LogP contribution in [0.1, 0.15) is 25.7 Å². The van der Waals surface area contributed by atoms with Gasteiger partial charge in [0.2, 0.25) is 11.8 Å². The van der Waals surface area contributed by atoms with Crippen molar-refractivity contribution in [1.29, 1.82) is 0 Å². The topological polar surface area (TPSA) is 86.7 Å². The van der Waals surface area contributed by atoms with Gasteiger partial charge in [0.1, 0.15) is 5.41 Å². The van der Waals surface area contributed by atoms with Gasteiger partial charge in [-0.2, -0.15) is 0 Å². The second-order valence-electron chi connectivity index (χ2n) is 4.87. The number of likely N-dealkylation sites (tertiary alicyclic amines) is 1. The first-order valence-electron chi connectivity index (χ1n) is 5.74. The highest BCUT2D eigenvalue weighted by atomic mass is 16.4. The van der Waals surface area contributed by atoms with Crippen molar-refractivity contribution in [2.75, 3.05) is 13.6 Å². The highest BCUT2D eigenvalue weighted by molar-refractivity contribution is 6.05. The van der Waals surface area contributed by atoms with Crippen molar-refractivity contribution in [3.63, 3.8) is 0 Å². The Kier molecular flexibility index (Phi) is 2.81. The SMILES string of the molecule is CN1CC(NC(=O)C2(C(=O)O)CC2)CCC1=O. The van der Waals surface area contributed by atoms with Crippen molar-refractivity contribution in [2.45, 2.75) is 31.7 Å². The third kappa shape index (κ3) is 2.11. The number of nitrogens with one attached hydrogen (secondary N) is 1. The summed E-state index contributed by atoms with van der Waals surface area (Å²) in [5, 5.41) is 11.7. The normalized spacial score (nSPS) is 26.5. The van der Waals surface area contributed by atoms with Crippen molar-refractivity contribution in [1.82, 2.24) is 10.2 Å². The van der Waals surface area contributed by atoms with E-state index in [4.69, 9.17) is 5.11 Å². The summed E-state index contributed by atoms with van der Waals surface area (Å²) in [4.78, 5) is 35.6. The number of aliphatic carboxylic acids is 1. The van der Waals surface area contributed by atoms with Gasteiger partial charge in [-0.05, 0) is 19.3 Å². The van der Waals surface area contributed by atoms with Crippen LogP contribution in [-0.2, 0) is 14.4 Å². The van der Waals surface area contributed by atoms with Crippen LogP contribution >= 0.6 is 0 Å². The Balaban J connectivity index is 1.92. The highest BCUT2D eigenvalue weighted by Gasteiger charge is 2.57. The first kappa shape index (κ1) is 11.9. The number of hydrogen-bond acceptors (Lipinski definition) is 3. The Morgan fingerprint density at radius 3 is 2.59 bits per heavy atom. The van der Waals surface area contributed by atoms with Gasteiger partial charge < -0.3 is 15.3 Å². The predicted molar refractivity (Wildman–Crippen MR) is 58.1 cm³/mol. The minimum Gasteiger partial charge on any atom is -0.480 e. The average Bonchev–Trinajstić information content (AvgIpc) is 3.04. The van der Waals surface area contributed by atoms with E-state index in [0.717, 1.165) is 0 Å². The number of nitrogens with zero attached hydrogens (tertiary/aromatic N) is 1. The zero-order valence-corrected chi connectivity index (χ0v) is 9.73. The molecule has 0 aromatic carbocycles. The van der Waals surface area contributed by atoms with Gasteiger partial charge in [0.15, 0.2) is 0 Å². The van der Waals surface area contributed by atoms with E-state index in [1.54, 1.807) is 11.9 Å². The fourth-order valence-electron chi connectivity index (χ4n) is 2.12.